The van der Waals surface area contributed by atoms with Gasteiger partial charge in [-0.05, 0) is 64.4 Å². The summed E-state index contributed by atoms with van der Waals surface area (Å²) in [5, 5.41) is 14.8. The number of urea groups is 1. The molecule has 1 saturated heterocycles. The van der Waals surface area contributed by atoms with Gasteiger partial charge in [0, 0.05) is 5.69 Å². The largest absolute Gasteiger partial charge is 0.507 e. The van der Waals surface area contributed by atoms with Crippen molar-refractivity contribution in [3.05, 3.63) is 62.9 Å². The topological polar surface area (TPSA) is 98.7 Å². The van der Waals surface area contributed by atoms with Crippen LogP contribution < -0.4 is 10.6 Å². The Labute approximate surface area is 175 Å². The van der Waals surface area contributed by atoms with Crippen LogP contribution in [0, 0.1) is 3.57 Å². The van der Waals surface area contributed by atoms with Gasteiger partial charge < -0.3 is 15.7 Å². The lowest BCUT2D eigenvalue weighted by Gasteiger charge is -2.13. The minimum Gasteiger partial charge on any atom is -0.507 e. The molecule has 144 valence electrons. The summed E-state index contributed by atoms with van der Waals surface area (Å²) in [5.74, 6) is -0.896. The van der Waals surface area contributed by atoms with E-state index in [2.05, 4.69) is 10.6 Å². The molecule has 0 radical (unpaired) electrons. The first-order valence-corrected chi connectivity index (χ1v) is 9.67. The van der Waals surface area contributed by atoms with E-state index in [1.807, 2.05) is 47.7 Å². The number of imide groups is 1. The highest BCUT2D eigenvalue weighted by atomic mass is 127. The van der Waals surface area contributed by atoms with Gasteiger partial charge >= 0.3 is 6.03 Å². The Morgan fingerprint density at radius 2 is 2.00 bits per heavy atom. The van der Waals surface area contributed by atoms with Gasteiger partial charge in [-0.25, -0.2) is 9.69 Å². The van der Waals surface area contributed by atoms with Crippen LogP contribution in [0.5, 0.6) is 5.75 Å². The number of nitrogens with zero attached hydrogens (tertiary/aromatic N) is 1. The monoisotopic (exact) mass is 491 g/mol. The third kappa shape index (κ3) is 4.33. The van der Waals surface area contributed by atoms with Crippen molar-refractivity contribution >= 4 is 52.2 Å². The fraction of sp³-hybridized carbons (Fsp3) is 0.150. The van der Waals surface area contributed by atoms with E-state index in [1.54, 1.807) is 18.2 Å². The van der Waals surface area contributed by atoms with E-state index in [-0.39, 0.29) is 18.0 Å². The summed E-state index contributed by atoms with van der Waals surface area (Å²) in [5.41, 5.74) is 2.36. The Hall–Kier alpha value is -2.88. The Morgan fingerprint density at radius 3 is 2.71 bits per heavy atom. The number of halogens is 1. The summed E-state index contributed by atoms with van der Waals surface area (Å²) in [6.45, 7) is 1.59. The molecular weight excluding hydrogens is 473 g/mol. The molecule has 1 aliphatic heterocycles. The molecule has 3 rings (SSSR count). The third-order valence-electron chi connectivity index (χ3n) is 4.22. The molecule has 1 heterocycles. The van der Waals surface area contributed by atoms with Gasteiger partial charge in [-0.3, -0.25) is 9.59 Å². The number of benzene rings is 2. The van der Waals surface area contributed by atoms with Crippen molar-refractivity contribution < 1.29 is 19.5 Å². The van der Waals surface area contributed by atoms with Gasteiger partial charge in [-0.1, -0.05) is 31.2 Å². The second kappa shape index (κ2) is 8.42. The van der Waals surface area contributed by atoms with Gasteiger partial charge in [0.25, 0.3) is 5.91 Å². The maximum Gasteiger partial charge on any atom is 0.329 e. The highest BCUT2D eigenvalue weighted by Gasteiger charge is 2.35. The number of amides is 4. The van der Waals surface area contributed by atoms with Crippen LogP contribution >= 0.6 is 22.6 Å². The Kier molecular flexibility index (Phi) is 5.98. The number of phenolic OH excluding ortho intramolecular Hbond substituents is 1. The number of phenols is 1. The van der Waals surface area contributed by atoms with Gasteiger partial charge in [0.1, 0.15) is 18.0 Å². The smallest absolute Gasteiger partial charge is 0.329 e. The zero-order valence-electron chi connectivity index (χ0n) is 15.0. The van der Waals surface area contributed by atoms with Gasteiger partial charge in [-0.2, -0.15) is 0 Å². The number of nitrogens with one attached hydrogen (secondary N) is 2. The zero-order chi connectivity index (χ0) is 20.3. The van der Waals surface area contributed by atoms with Crippen molar-refractivity contribution in [3.8, 4) is 5.75 Å². The molecule has 0 spiro atoms. The van der Waals surface area contributed by atoms with Crippen molar-refractivity contribution in [2.75, 3.05) is 11.9 Å². The maximum atomic E-state index is 12.5. The first-order valence-electron chi connectivity index (χ1n) is 8.60. The van der Waals surface area contributed by atoms with E-state index in [1.165, 1.54) is 12.1 Å². The lowest BCUT2D eigenvalue weighted by molar-refractivity contribution is -0.127. The van der Waals surface area contributed by atoms with Crippen molar-refractivity contribution in [1.82, 2.24) is 10.2 Å². The number of para-hydroxylation sites is 1. The van der Waals surface area contributed by atoms with Gasteiger partial charge in [0.05, 0.1) is 3.57 Å². The third-order valence-corrected chi connectivity index (χ3v) is 5.08. The number of aryl methyl sites for hydroxylation is 1. The van der Waals surface area contributed by atoms with Crippen LogP contribution in [0.3, 0.4) is 0 Å². The van der Waals surface area contributed by atoms with E-state index in [0.717, 1.165) is 16.9 Å². The second-order valence-corrected chi connectivity index (χ2v) is 7.31. The van der Waals surface area contributed by atoms with Crippen LogP contribution in [-0.2, 0) is 16.0 Å². The molecule has 0 saturated carbocycles. The fourth-order valence-electron chi connectivity index (χ4n) is 2.78. The number of hydrogen-bond donors (Lipinski definition) is 3. The molecule has 4 amide bonds. The van der Waals surface area contributed by atoms with E-state index in [4.69, 9.17) is 0 Å². The second-order valence-electron chi connectivity index (χ2n) is 6.15. The lowest BCUT2D eigenvalue weighted by atomic mass is 10.1. The van der Waals surface area contributed by atoms with Crippen LogP contribution in [0.4, 0.5) is 10.5 Å². The van der Waals surface area contributed by atoms with E-state index in [9.17, 15) is 19.5 Å². The Morgan fingerprint density at radius 1 is 1.25 bits per heavy atom. The summed E-state index contributed by atoms with van der Waals surface area (Å²) in [4.78, 5) is 37.9. The molecule has 0 aliphatic carbocycles. The predicted octanol–water partition coefficient (Wildman–Crippen LogP) is 3.09. The summed E-state index contributed by atoms with van der Waals surface area (Å²) >= 11 is 1.97. The molecule has 0 aromatic heterocycles. The van der Waals surface area contributed by atoms with Crippen LogP contribution in [-0.4, -0.2) is 34.4 Å². The van der Waals surface area contributed by atoms with Gasteiger partial charge in [0.2, 0.25) is 5.91 Å². The van der Waals surface area contributed by atoms with E-state index in [0.29, 0.717) is 14.8 Å². The highest BCUT2D eigenvalue weighted by molar-refractivity contribution is 14.1. The number of rotatable bonds is 5. The van der Waals surface area contributed by atoms with Crippen molar-refractivity contribution in [1.29, 1.82) is 0 Å². The molecule has 2 aromatic rings. The first kappa shape index (κ1) is 19.9. The van der Waals surface area contributed by atoms with Crippen LogP contribution in [0.2, 0.25) is 0 Å². The minimum atomic E-state index is -0.649. The zero-order valence-corrected chi connectivity index (χ0v) is 17.2. The fourth-order valence-corrected chi connectivity index (χ4v) is 3.32. The van der Waals surface area contributed by atoms with E-state index < -0.39 is 17.8 Å². The average Bonchev–Trinajstić information content (AvgIpc) is 2.92. The van der Waals surface area contributed by atoms with Gasteiger partial charge in [-0.15, -0.1) is 0 Å². The number of hydrogen-bond acceptors (Lipinski definition) is 4. The number of carbonyl (C=O) groups is 3. The van der Waals surface area contributed by atoms with Crippen LogP contribution in [0.25, 0.3) is 6.08 Å². The normalized spacial score (nSPS) is 15.1. The molecule has 28 heavy (non-hydrogen) atoms. The molecular formula is C20H18IN3O4. The van der Waals surface area contributed by atoms with Crippen LogP contribution in [0.15, 0.2) is 48.2 Å². The average molecular weight is 491 g/mol. The summed E-state index contributed by atoms with van der Waals surface area (Å²) in [6, 6.07) is 11.5. The highest BCUT2D eigenvalue weighted by Crippen LogP contribution is 2.22. The predicted molar refractivity (Wildman–Crippen MR) is 113 cm³/mol. The quantitative estimate of drug-likeness (QED) is 0.340. The van der Waals surface area contributed by atoms with Crippen LogP contribution in [0.1, 0.15) is 18.1 Å². The molecule has 7 nitrogen and oxygen atoms in total. The summed E-state index contributed by atoms with van der Waals surface area (Å²) in [7, 11) is 0. The molecule has 0 bridgehead atoms. The lowest BCUT2D eigenvalue weighted by Crippen LogP contribution is -2.38. The number of aromatic hydroxyl groups is 1. The maximum absolute atomic E-state index is 12.5. The van der Waals surface area contributed by atoms with Crippen molar-refractivity contribution in [2.45, 2.75) is 13.3 Å². The van der Waals surface area contributed by atoms with Crippen molar-refractivity contribution in [2.24, 2.45) is 0 Å². The molecule has 3 N–H and O–H groups in total. The molecule has 0 atom stereocenters. The standard InChI is InChI=1S/C20H18IN3O4/c1-2-13-5-3-4-6-15(13)22-18(26)11-24-19(27)16(23-20(24)28)10-12-7-8-17(25)14(21)9-12/h3-10,25H,2,11H2,1H3,(H,22,26)(H,23,28)/b16-10+. The summed E-state index contributed by atoms with van der Waals surface area (Å²) in [6.07, 6.45) is 2.25. The molecule has 1 aliphatic rings. The van der Waals surface area contributed by atoms with Gasteiger partial charge in [0.15, 0.2) is 0 Å². The number of carbonyl (C=O) groups excluding carboxylic acids is 3. The molecule has 2 aromatic carbocycles. The molecule has 0 unspecified atom stereocenters. The van der Waals surface area contributed by atoms with E-state index >= 15 is 0 Å². The molecule has 1 fully saturated rings. The Bertz CT molecular complexity index is 987. The first-order chi connectivity index (χ1) is 13.4. The Balaban J connectivity index is 1.72. The minimum absolute atomic E-state index is 0.0771. The molecule has 8 heteroatoms. The number of anilines is 1. The summed E-state index contributed by atoms with van der Waals surface area (Å²) < 4.78 is 0.620. The van der Waals surface area contributed by atoms with Crippen molar-refractivity contribution in [3.63, 3.8) is 0 Å². The SMILES string of the molecule is CCc1ccccc1NC(=O)CN1C(=O)N/C(=C/c2ccc(O)c(I)c2)C1=O.